The van der Waals surface area contributed by atoms with Gasteiger partial charge in [0.25, 0.3) is 0 Å². The van der Waals surface area contributed by atoms with Crippen LogP contribution in [0.2, 0.25) is 0 Å². The molecule has 1 aliphatic rings. The van der Waals surface area contributed by atoms with Crippen molar-refractivity contribution in [1.82, 2.24) is 0 Å². The number of hydrogen-bond donors (Lipinski definition) is 0. The van der Waals surface area contributed by atoms with Crippen molar-refractivity contribution < 1.29 is 32.5 Å². The van der Waals surface area contributed by atoms with E-state index in [1.807, 2.05) is 0 Å². The minimum atomic E-state index is 0. The Morgan fingerprint density at radius 1 is 0.600 bits per heavy atom. The standard InChI is InChI=1S/C8H12.ClH.Ir/c1-2-4-6-8-7-5-3-1;;/h1-2,7-8H,3-6H2;1H;/p-1/b2-1-,8-7-;;. The van der Waals surface area contributed by atoms with Gasteiger partial charge in [0.15, 0.2) is 0 Å². The van der Waals surface area contributed by atoms with E-state index in [0.29, 0.717) is 0 Å². The Hall–Kier alpha value is 0.419. The Bertz CT molecular complexity index is 81.8. The fourth-order valence-electron chi connectivity index (χ4n) is 0.856. The molecule has 0 aliphatic heterocycles. The molecule has 0 N–H and O–H groups in total. The van der Waals surface area contributed by atoms with E-state index >= 15 is 0 Å². The summed E-state index contributed by atoms with van der Waals surface area (Å²) in [6.07, 6.45) is 14.0. The molecule has 61 valence electrons. The molecule has 1 radical (unpaired) electrons. The molecule has 0 nitrogen and oxygen atoms in total. The normalized spacial score (nSPS) is 22.4. The average Bonchev–Trinajstić information content (AvgIpc) is 1.62. The average molecular weight is 336 g/mol. The second-order valence-electron chi connectivity index (χ2n) is 2.10. The van der Waals surface area contributed by atoms with Gasteiger partial charge in [-0.15, -0.1) is 0 Å². The second kappa shape index (κ2) is 9.42. The van der Waals surface area contributed by atoms with Crippen LogP contribution in [0.5, 0.6) is 0 Å². The molecule has 0 saturated heterocycles. The monoisotopic (exact) mass is 336 g/mol. The summed E-state index contributed by atoms with van der Waals surface area (Å²) in [7, 11) is 0. The third-order valence-corrected chi connectivity index (χ3v) is 1.33. The Kier molecular flexibility index (Phi) is 12.3. The van der Waals surface area contributed by atoms with E-state index in [9.17, 15) is 0 Å². The quantitative estimate of drug-likeness (QED) is 0.532. The molecule has 2 heteroatoms. The van der Waals surface area contributed by atoms with E-state index in [1.54, 1.807) is 0 Å². The van der Waals surface area contributed by atoms with Crippen molar-refractivity contribution in [3.05, 3.63) is 24.3 Å². The predicted molar refractivity (Wildman–Crippen MR) is 36.7 cm³/mol. The first-order chi connectivity index (χ1) is 4.00. The first-order valence-electron chi connectivity index (χ1n) is 3.30. The minimum absolute atomic E-state index is 0. The van der Waals surface area contributed by atoms with E-state index in [4.69, 9.17) is 0 Å². The molecule has 0 spiro atoms. The first-order valence-corrected chi connectivity index (χ1v) is 3.30. The summed E-state index contributed by atoms with van der Waals surface area (Å²) < 4.78 is 0. The van der Waals surface area contributed by atoms with Gasteiger partial charge in [0.2, 0.25) is 0 Å². The van der Waals surface area contributed by atoms with Crippen molar-refractivity contribution in [3.8, 4) is 0 Å². The summed E-state index contributed by atoms with van der Waals surface area (Å²) >= 11 is 0. The van der Waals surface area contributed by atoms with E-state index in [1.165, 1.54) is 25.7 Å². The Labute approximate surface area is 82.5 Å². The Balaban J connectivity index is 0. The molecule has 0 fully saturated rings. The van der Waals surface area contributed by atoms with E-state index < -0.39 is 0 Å². The maximum absolute atomic E-state index is 2.27. The van der Waals surface area contributed by atoms with E-state index in [-0.39, 0.29) is 32.5 Å². The maximum atomic E-state index is 2.27. The SMILES string of the molecule is C1=C\CC/C=C\CC/1.[Cl-].[Ir]. The first kappa shape index (κ1) is 13.0. The number of halogens is 1. The molecule has 0 atom stereocenters. The smallest absolute Gasteiger partial charge is 0 e. The van der Waals surface area contributed by atoms with Crippen molar-refractivity contribution in [2.24, 2.45) is 0 Å². The molecule has 0 aromatic heterocycles. The zero-order valence-corrected chi connectivity index (χ0v) is 9.00. The minimum Gasteiger partial charge on any atom is -1.00 e. The zero-order chi connectivity index (χ0) is 5.66. The van der Waals surface area contributed by atoms with Gasteiger partial charge in [-0.1, -0.05) is 24.3 Å². The predicted octanol–water partition coefficient (Wildman–Crippen LogP) is -0.326. The van der Waals surface area contributed by atoms with Gasteiger partial charge in [-0.2, -0.15) is 0 Å². The van der Waals surface area contributed by atoms with Crippen molar-refractivity contribution in [1.29, 1.82) is 0 Å². The van der Waals surface area contributed by atoms with Gasteiger partial charge in [0.05, 0.1) is 0 Å². The van der Waals surface area contributed by atoms with Gasteiger partial charge in [-0.25, -0.2) is 0 Å². The van der Waals surface area contributed by atoms with Gasteiger partial charge >= 0.3 is 0 Å². The van der Waals surface area contributed by atoms with Gasteiger partial charge in [0.1, 0.15) is 0 Å². The summed E-state index contributed by atoms with van der Waals surface area (Å²) in [5.41, 5.74) is 0. The fraction of sp³-hybridized carbons (Fsp3) is 0.500. The Morgan fingerprint density at radius 2 is 0.800 bits per heavy atom. The second-order valence-corrected chi connectivity index (χ2v) is 2.10. The molecule has 0 heterocycles. The third kappa shape index (κ3) is 6.54. The molecule has 0 bridgehead atoms. The summed E-state index contributed by atoms with van der Waals surface area (Å²) in [6.45, 7) is 0. The van der Waals surface area contributed by atoms with Crippen LogP contribution in [0, 0.1) is 0 Å². The zero-order valence-electron chi connectivity index (χ0n) is 5.85. The molecule has 0 unspecified atom stereocenters. The third-order valence-electron chi connectivity index (χ3n) is 1.33. The van der Waals surface area contributed by atoms with Crippen LogP contribution in [0.15, 0.2) is 24.3 Å². The van der Waals surface area contributed by atoms with E-state index in [2.05, 4.69) is 24.3 Å². The molecular formula is C8H12ClIr-. The van der Waals surface area contributed by atoms with Crippen molar-refractivity contribution in [3.63, 3.8) is 0 Å². The molecule has 0 amide bonds. The molecule has 0 saturated carbocycles. The summed E-state index contributed by atoms with van der Waals surface area (Å²) in [4.78, 5) is 0. The van der Waals surface area contributed by atoms with Gasteiger partial charge in [-0.05, 0) is 25.7 Å². The van der Waals surface area contributed by atoms with Crippen LogP contribution in [0.1, 0.15) is 25.7 Å². The van der Waals surface area contributed by atoms with Crippen molar-refractivity contribution >= 4 is 0 Å². The van der Waals surface area contributed by atoms with Crippen LogP contribution < -0.4 is 12.4 Å². The van der Waals surface area contributed by atoms with E-state index in [0.717, 1.165) is 0 Å². The number of rotatable bonds is 0. The van der Waals surface area contributed by atoms with Crippen LogP contribution in [-0.4, -0.2) is 0 Å². The van der Waals surface area contributed by atoms with Crippen LogP contribution >= 0.6 is 0 Å². The van der Waals surface area contributed by atoms with Gasteiger partial charge in [-0.3, -0.25) is 0 Å². The van der Waals surface area contributed by atoms with Crippen LogP contribution in [0.4, 0.5) is 0 Å². The summed E-state index contributed by atoms with van der Waals surface area (Å²) in [5.74, 6) is 0. The summed E-state index contributed by atoms with van der Waals surface area (Å²) in [6, 6.07) is 0. The fourth-order valence-corrected chi connectivity index (χ4v) is 0.856. The van der Waals surface area contributed by atoms with Crippen LogP contribution in [0.3, 0.4) is 0 Å². The van der Waals surface area contributed by atoms with Gasteiger partial charge < -0.3 is 12.4 Å². The Morgan fingerprint density at radius 3 is 1.00 bits per heavy atom. The van der Waals surface area contributed by atoms with Gasteiger partial charge in [0, 0.05) is 20.1 Å². The summed E-state index contributed by atoms with van der Waals surface area (Å²) in [5, 5.41) is 0. The molecule has 1 aliphatic carbocycles. The topological polar surface area (TPSA) is 0 Å². The molecular weight excluding hydrogens is 324 g/mol. The van der Waals surface area contributed by atoms with Crippen molar-refractivity contribution in [2.75, 3.05) is 0 Å². The molecule has 0 aromatic rings. The molecule has 0 aromatic carbocycles. The van der Waals surface area contributed by atoms with Crippen LogP contribution in [-0.2, 0) is 20.1 Å². The number of hydrogen-bond acceptors (Lipinski definition) is 0. The molecule has 10 heavy (non-hydrogen) atoms. The van der Waals surface area contributed by atoms with Crippen LogP contribution in [0.25, 0.3) is 0 Å². The number of allylic oxidation sites excluding steroid dienone is 4. The molecule has 1 rings (SSSR count). The maximum Gasteiger partial charge on any atom is 0 e. The largest absolute Gasteiger partial charge is 1.00 e. The van der Waals surface area contributed by atoms with Crippen molar-refractivity contribution in [2.45, 2.75) is 25.7 Å².